The number of phenolic OH excluding ortho intramolecular Hbond substituents is 1. The molecule has 0 saturated carbocycles. The minimum absolute atomic E-state index is 0.0463. The Morgan fingerprint density at radius 1 is 1.21 bits per heavy atom. The van der Waals surface area contributed by atoms with Crippen LogP contribution in [0.15, 0.2) is 24.3 Å². The first-order valence-corrected chi connectivity index (χ1v) is 3.90. The first-order valence-electron chi connectivity index (χ1n) is 3.90. The standard InChI is InChI=1S/C9H10N2O3/c10-8(13)7(9(11)14)5-2-1-3-6(12)4-5/h1-4,7,12H,(H2,10,13)(H2,11,14). The average molecular weight is 194 g/mol. The summed E-state index contributed by atoms with van der Waals surface area (Å²) in [6, 6.07) is 5.70. The van der Waals surface area contributed by atoms with Crippen molar-refractivity contribution in [2.24, 2.45) is 11.5 Å². The highest BCUT2D eigenvalue weighted by atomic mass is 16.3. The molecule has 2 amide bonds. The highest BCUT2D eigenvalue weighted by Gasteiger charge is 2.23. The number of aromatic hydroxyl groups is 1. The summed E-state index contributed by atoms with van der Waals surface area (Å²) in [6.07, 6.45) is 0. The molecule has 1 aromatic carbocycles. The van der Waals surface area contributed by atoms with Crippen LogP contribution in [0.5, 0.6) is 5.75 Å². The lowest BCUT2D eigenvalue weighted by molar-refractivity contribution is -0.128. The lowest BCUT2D eigenvalue weighted by Crippen LogP contribution is -2.32. The van der Waals surface area contributed by atoms with E-state index in [-0.39, 0.29) is 5.75 Å². The molecule has 1 aromatic rings. The van der Waals surface area contributed by atoms with E-state index in [1.165, 1.54) is 24.3 Å². The van der Waals surface area contributed by atoms with E-state index in [2.05, 4.69) is 0 Å². The molecule has 14 heavy (non-hydrogen) atoms. The molecule has 0 aliphatic carbocycles. The second-order valence-corrected chi connectivity index (χ2v) is 2.83. The van der Waals surface area contributed by atoms with E-state index in [4.69, 9.17) is 16.6 Å². The van der Waals surface area contributed by atoms with Crippen LogP contribution in [-0.2, 0) is 9.59 Å². The molecule has 0 bridgehead atoms. The third-order valence-corrected chi connectivity index (χ3v) is 1.77. The third kappa shape index (κ3) is 2.01. The maximum Gasteiger partial charge on any atom is 0.234 e. The number of benzene rings is 1. The van der Waals surface area contributed by atoms with Gasteiger partial charge < -0.3 is 16.6 Å². The second-order valence-electron chi connectivity index (χ2n) is 2.83. The first kappa shape index (κ1) is 10.0. The van der Waals surface area contributed by atoms with Gasteiger partial charge in [-0.05, 0) is 17.7 Å². The minimum Gasteiger partial charge on any atom is -0.508 e. The largest absolute Gasteiger partial charge is 0.508 e. The Kier molecular flexibility index (Phi) is 2.71. The number of hydrogen-bond acceptors (Lipinski definition) is 3. The van der Waals surface area contributed by atoms with Crippen LogP contribution in [-0.4, -0.2) is 16.9 Å². The van der Waals surface area contributed by atoms with Crippen LogP contribution >= 0.6 is 0 Å². The zero-order valence-electron chi connectivity index (χ0n) is 7.31. The molecule has 74 valence electrons. The summed E-state index contributed by atoms with van der Waals surface area (Å²) in [4.78, 5) is 21.8. The summed E-state index contributed by atoms with van der Waals surface area (Å²) in [5, 5.41) is 9.12. The van der Waals surface area contributed by atoms with E-state index in [9.17, 15) is 9.59 Å². The fourth-order valence-electron chi connectivity index (χ4n) is 1.17. The summed E-state index contributed by atoms with van der Waals surface area (Å²) >= 11 is 0. The summed E-state index contributed by atoms with van der Waals surface area (Å²) in [7, 11) is 0. The fraction of sp³-hybridized carbons (Fsp3) is 0.111. The van der Waals surface area contributed by atoms with E-state index >= 15 is 0 Å². The summed E-state index contributed by atoms with van der Waals surface area (Å²) in [5.41, 5.74) is 10.3. The van der Waals surface area contributed by atoms with Crippen molar-refractivity contribution < 1.29 is 14.7 Å². The number of rotatable bonds is 3. The van der Waals surface area contributed by atoms with Gasteiger partial charge in [0.1, 0.15) is 11.7 Å². The van der Waals surface area contributed by atoms with Crippen LogP contribution in [0.2, 0.25) is 0 Å². The van der Waals surface area contributed by atoms with Crippen molar-refractivity contribution in [2.45, 2.75) is 5.92 Å². The molecule has 0 fully saturated rings. The monoisotopic (exact) mass is 194 g/mol. The summed E-state index contributed by atoms with van der Waals surface area (Å²) < 4.78 is 0. The molecule has 5 heteroatoms. The topological polar surface area (TPSA) is 106 Å². The van der Waals surface area contributed by atoms with Gasteiger partial charge in [-0.1, -0.05) is 12.1 Å². The molecule has 0 spiro atoms. The normalized spacial score (nSPS) is 10.1. The molecule has 0 heterocycles. The second kappa shape index (κ2) is 3.78. The molecule has 0 radical (unpaired) electrons. The van der Waals surface area contributed by atoms with Crippen LogP contribution < -0.4 is 11.5 Å². The van der Waals surface area contributed by atoms with E-state index in [0.717, 1.165) is 0 Å². The molecular weight excluding hydrogens is 184 g/mol. The van der Waals surface area contributed by atoms with Gasteiger partial charge in [0.2, 0.25) is 11.8 Å². The lowest BCUT2D eigenvalue weighted by Gasteiger charge is -2.09. The van der Waals surface area contributed by atoms with Crippen LogP contribution in [0.4, 0.5) is 0 Å². The van der Waals surface area contributed by atoms with Crippen LogP contribution in [0.25, 0.3) is 0 Å². The fourth-order valence-corrected chi connectivity index (χ4v) is 1.17. The maximum absolute atomic E-state index is 10.9. The van der Waals surface area contributed by atoms with Crippen molar-refractivity contribution in [2.75, 3.05) is 0 Å². The number of carbonyl (C=O) groups is 2. The van der Waals surface area contributed by atoms with Crippen LogP contribution in [0.3, 0.4) is 0 Å². The Morgan fingerprint density at radius 2 is 1.79 bits per heavy atom. The highest BCUT2D eigenvalue weighted by Crippen LogP contribution is 2.19. The Morgan fingerprint density at radius 3 is 2.21 bits per heavy atom. The molecule has 0 aliphatic heterocycles. The number of carbonyl (C=O) groups excluding carboxylic acids is 2. The van der Waals surface area contributed by atoms with Gasteiger partial charge in [0, 0.05) is 0 Å². The predicted octanol–water partition coefficient (Wildman–Crippen LogP) is -0.554. The van der Waals surface area contributed by atoms with Gasteiger partial charge in [-0.2, -0.15) is 0 Å². The molecule has 0 aromatic heterocycles. The van der Waals surface area contributed by atoms with Crippen molar-refractivity contribution >= 4 is 11.8 Å². The Bertz CT molecular complexity index is 362. The maximum atomic E-state index is 10.9. The van der Waals surface area contributed by atoms with Gasteiger partial charge in [-0.3, -0.25) is 9.59 Å². The van der Waals surface area contributed by atoms with Gasteiger partial charge in [0.25, 0.3) is 0 Å². The lowest BCUT2D eigenvalue weighted by atomic mass is 9.98. The molecule has 0 aliphatic rings. The minimum atomic E-state index is -1.19. The number of hydrogen-bond donors (Lipinski definition) is 3. The molecule has 1 rings (SSSR count). The van der Waals surface area contributed by atoms with Crippen LogP contribution in [0, 0.1) is 0 Å². The van der Waals surface area contributed by atoms with Gasteiger partial charge in [0.05, 0.1) is 0 Å². The zero-order valence-corrected chi connectivity index (χ0v) is 7.31. The third-order valence-electron chi connectivity index (χ3n) is 1.77. The summed E-state index contributed by atoms with van der Waals surface area (Å²) in [5.74, 6) is -2.90. The van der Waals surface area contributed by atoms with Crippen molar-refractivity contribution in [3.05, 3.63) is 29.8 Å². The Hall–Kier alpha value is -2.04. The number of primary amides is 2. The van der Waals surface area contributed by atoms with Gasteiger partial charge in [-0.25, -0.2) is 0 Å². The number of phenols is 1. The van der Waals surface area contributed by atoms with E-state index in [0.29, 0.717) is 5.56 Å². The van der Waals surface area contributed by atoms with Crippen molar-refractivity contribution in [1.82, 2.24) is 0 Å². The van der Waals surface area contributed by atoms with Gasteiger partial charge >= 0.3 is 0 Å². The molecule has 5 N–H and O–H groups in total. The molecule has 0 saturated heterocycles. The van der Waals surface area contributed by atoms with Gasteiger partial charge in [-0.15, -0.1) is 0 Å². The van der Waals surface area contributed by atoms with Crippen molar-refractivity contribution in [3.63, 3.8) is 0 Å². The van der Waals surface area contributed by atoms with Gasteiger partial charge in [0.15, 0.2) is 0 Å². The SMILES string of the molecule is NC(=O)C(C(N)=O)c1cccc(O)c1. The smallest absolute Gasteiger partial charge is 0.234 e. The summed E-state index contributed by atoms with van der Waals surface area (Å²) in [6.45, 7) is 0. The Labute approximate surface area is 80.3 Å². The molecular formula is C9H10N2O3. The van der Waals surface area contributed by atoms with E-state index in [1.54, 1.807) is 0 Å². The predicted molar refractivity (Wildman–Crippen MR) is 49.2 cm³/mol. The van der Waals surface area contributed by atoms with Crippen LogP contribution in [0.1, 0.15) is 11.5 Å². The quantitative estimate of drug-likeness (QED) is 0.562. The molecule has 0 unspecified atom stereocenters. The first-order chi connectivity index (χ1) is 6.52. The number of nitrogens with two attached hydrogens (primary N) is 2. The highest BCUT2D eigenvalue weighted by molar-refractivity contribution is 6.04. The van der Waals surface area contributed by atoms with E-state index < -0.39 is 17.7 Å². The molecule has 0 atom stereocenters. The number of amides is 2. The Balaban J connectivity index is 3.12. The molecule has 5 nitrogen and oxygen atoms in total. The van der Waals surface area contributed by atoms with Crippen molar-refractivity contribution in [3.8, 4) is 5.75 Å². The van der Waals surface area contributed by atoms with E-state index in [1.807, 2.05) is 0 Å². The average Bonchev–Trinajstić information content (AvgIpc) is 2.02. The van der Waals surface area contributed by atoms with Crippen molar-refractivity contribution in [1.29, 1.82) is 0 Å². The zero-order chi connectivity index (χ0) is 10.7.